The van der Waals surface area contributed by atoms with Crippen molar-refractivity contribution < 1.29 is 18.1 Å². The lowest BCUT2D eigenvalue weighted by Gasteiger charge is -2.13. The van der Waals surface area contributed by atoms with Gasteiger partial charge in [0.25, 0.3) is 0 Å². The van der Waals surface area contributed by atoms with E-state index in [-0.39, 0.29) is 24.4 Å². The fourth-order valence-electron chi connectivity index (χ4n) is 2.52. The largest absolute Gasteiger partial charge is 0.338 e. The number of amides is 1. The van der Waals surface area contributed by atoms with Crippen LogP contribution in [-0.2, 0) is 4.79 Å². The van der Waals surface area contributed by atoms with Crippen LogP contribution in [0, 0.1) is 18.6 Å². The molecule has 5 nitrogen and oxygen atoms in total. The highest BCUT2D eigenvalue weighted by atomic mass is 19.2. The zero-order chi connectivity index (χ0) is 19.4. The van der Waals surface area contributed by atoms with E-state index in [9.17, 15) is 13.6 Å². The predicted octanol–water partition coefficient (Wildman–Crippen LogP) is 4.22. The summed E-state index contributed by atoms with van der Waals surface area (Å²) >= 11 is 0. The highest BCUT2D eigenvalue weighted by molar-refractivity contribution is 5.91. The standard InChI is InChI=1S/C20H19F2N3O2/c1-12-3-5-14(6-4-12)18-10-20(27-25-18)24-19(26)11-23-13(2)15-7-8-16(21)17(22)9-15/h3-10,13,23H,11H2,1-2H3,(H,24,26)/t13-/m0/s1. The first kappa shape index (κ1) is 18.7. The van der Waals surface area contributed by atoms with E-state index in [1.54, 1.807) is 13.0 Å². The van der Waals surface area contributed by atoms with E-state index in [1.165, 1.54) is 6.07 Å². The maximum absolute atomic E-state index is 13.3. The van der Waals surface area contributed by atoms with E-state index >= 15 is 0 Å². The number of benzene rings is 2. The fraction of sp³-hybridized carbons (Fsp3) is 0.200. The smallest absolute Gasteiger partial charge is 0.240 e. The molecule has 0 unspecified atom stereocenters. The Morgan fingerprint density at radius 1 is 1.11 bits per heavy atom. The Morgan fingerprint density at radius 3 is 2.56 bits per heavy atom. The minimum Gasteiger partial charge on any atom is -0.338 e. The number of hydrogen-bond donors (Lipinski definition) is 2. The molecule has 27 heavy (non-hydrogen) atoms. The molecule has 1 amide bonds. The molecule has 0 radical (unpaired) electrons. The molecule has 0 saturated heterocycles. The van der Waals surface area contributed by atoms with Crippen molar-refractivity contribution in [3.8, 4) is 11.3 Å². The molecule has 0 saturated carbocycles. The Hall–Kier alpha value is -3.06. The van der Waals surface area contributed by atoms with Crippen molar-refractivity contribution in [2.75, 3.05) is 11.9 Å². The second-order valence-electron chi connectivity index (χ2n) is 6.27. The molecule has 0 aliphatic rings. The van der Waals surface area contributed by atoms with Crippen LogP contribution in [0.5, 0.6) is 0 Å². The number of aryl methyl sites for hydroxylation is 1. The van der Waals surface area contributed by atoms with Gasteiger partial charge in [0.05, 0.1) is 6.54 Å². The Balaban J connectivity index is 1.55. The molecule has 0 aliphatic heterocycles. The molecule has 140 valence electrons. The van der Waals surface area contributed by atoms with Gasteiger partial charge in [-0.1, -0.05) is 41.1 Å². The van der Waals surface area contributed by atoms with Gasteiger partial charge in [0.15, 0.2) is 11.6 Å². The summed E-state index contributed by atoms with van der Waals surface area (Å²) in [6.45, 7) is 3.72. The molecule has 0 fully saturated rings. The van der Waals surface area contributed by atoms with Crippen LogP contribution >= 0.6 is 0 Å². The van der Waals surface area contributed by atoms with Crippen LogP contribution in [-0.4, -0.2) is 17.6 Å². The molecular formula is C20H19F2N3O2. The van der Waals surface area contributed by atoms with E-state index in [2.05, 4.69) is 15.8 Å². The van der Waals surface area contributed by atoms with Crippen LogP contribution in [0.15, 0.2) is 53.1 Å². The highest BCUT2D eigenvalue weighted by Gasteiger charge is 2.13. The van der Waals surface area contributed by atoms with Crippen molar-refractivity contribution in [1.82, 2.24) is 10.5 Å². The van der Waals surface area contributed by atoms with E-state index < -0.39 is 11.6 Å². The Morgan fingerprint density at radius 2 is 1.85 bits per heavy atom. The molecule has 0 bridgehead atoms. The van der Waals surface area contributed by atoms with Gasteiger partial charge in [0, 0.05) is 17.7 Å². The van der Waals surface area contributed by atoms with E-state index in [0.717, 1.165) is 23.3 Å². The number of halogens is 2. The van der Waals surface area contributed by atoms with E-state index in [1.807, 2.05) is 31.2 Å². The number of carbonyl (C=O) groups excluding carboxylic acids is 1. The average molecular weight is 371 g/mol. The molecule has 1 aromatic heterocycles. The van der Waals surface area contributed by atoms with Crippen molar-refractivity contribution in [1.29, 1.82) is 0 Å². The third-order valence-electron chi connectivity index (χ3n) is 4.13. The lowest BCUT2D eigenvalue weighted by Crippen LogP contribution is -2.30. The van der Waals surface area contributed by atoms with Gasteiger partial charge in [0.2, 0.25) is 11.8 Å². The molecule has 2 aromatic carbocycles. The summed E-state index contributed by atoms with van der Waals surface area (Å²) in [5.74, 6) is -1.93. The van der Waals surface area contributed by atoms with Crippen LogP contribution < -0.4 is 10.6 Å². The minimum absolute atomic E-state index is 0.0271. The Kier molecular flexibility index (Phi) is 5.61. The average Bonchev–Trinajstić information content (AvgIpc) is 3.11. The number of carbonyl (C=O) groups is 1. The summed E-state index contributed by atoms with van der Waals surface area (Å²) in [6.07, 6.45) is 0. The molecule has 1 heterocycles. The summed E-state index contributed by atoms with van der Waals surface area (Å²) < 4.78 is 31.4. The molecular weight excluding hydrogens is 352 g/mol. The third-order valence-corrected chi connectivity index (χ3v) is 4.13. The van der Waals surface area contributed by atoms with Gasteiger partial charge in [-0.05, 0) is 31.5 Å². The number of nitrogens with one attached hydrogen (secondary N) is 2. The summed E-state index contributed by atoms with van der Waals surface area (Å²) in [6, 6.07) is 12.7. The summed E-state index contributed by atoms with van der Waals surface area (Å²) in [4.78, 5) is 12.1. The zero-order valence-corrected chi connectivity index (χ0v) is 14.9. The predicted molar refractivity (Wildman–Crippen MR) is 98.1 cm³/mol. The van der Waals surface area contributed by atoms with Crippen LogP contribution in [0.25, 0.3) is 11.3 Å². The monoisotopic (exact) mass is 371 g/mol. The van der Waals surface area contributed by atoms with Gasteiger partial charge < -0.3 is 9.84 Å². The first-order valence-electron chi connectivity index (χ1n) is 8.44. The Labute approximate surface area is 155 Å². The lowest BCUT2D eigenvalue weighted by atomic mass is 10.1. The van der Waals surface area contributed by atoms with Crippen molar-refractivity contribution in [3.63, 3.8) is 0 Å². The maximum atomic E-state index is 13.3. The number of hydrogen-bond acceptors (Lipinski definition) is 4. The first-order valence-corrected chi connectivity index (χ1v) is 8.44. The van der Waals surface area contributed by atoms with Crippen LogP contribution in [0.4, 0.5) is 14.7 Å². The highest BCUT2D eigenvalue weighted by Crippen LogP contribution is 2.22. The molecule has 3 rings (SSSR count). The Bertz CT molecular complexity index is 939. The second-order valence-corrected chi connectivity index (χ2v) is 6.27. The number of rotatable bonds is 6. The topological polar surface area (TPSA) is 67.2 Å². The van der Waals surface area contributed by atoms with E-state index in [4.69, 9.17) is 4.52 Å². The molecule has 3 aromatic rings. The number of aromatic nitrogens is 1. The summed E-state index contributed by atoms with van der Waals surface area (Å²) in [5.41, 5.74) is 3.18. The molecule has 2 N–H and O–H groups in total. The van der Waals surface area contributed by atoms with Gasteiger partial charge in [-0.25, -0.2) is 8.78 Å². The van der Waals surface area contributed by atoms with Crippen molar-refractivity contribution in [2.45, 2.75) is 19.9 Å². The molecule has 1 atom stereocenters. The summed E-state index contributed by atoms with van der Waals surface area (Å²) in [7, 11) is 0. The first-order chi connectivity index (χ1) is 12.9. The summed E-state index contributed by atoms with van der Waals surface area (Å²) in [5, 5.41) is 9.50. The molecule has 7 heteroatoms. The zero-order valence-electron chi connectivity index (χ0n) is 14.9. The third kappa shape index (κ3) is 4.77. The SMILES string of the molecule is Cc1ccc(-c2cc(NC(=O)CN[C@@H](C)c3ccc(F)c(F)c3)on2)cc1. The fourth-order valence-corrected chi connectivity index (χ4v) is 2.52. The molecule has 0 aliphatic carbocycles. The quantitative estimate of drug-likeness (QED) is 0.681. The lowest BCUT2D eigenvalue weighted by molar-refractivity contribution is -0.115. The van der Waals surface area contributed by atoms with Crippen LogP contribution in [0.1, 0.15) is 24.1 Å². The molecule has 0 spiro atoms. The normalized spacial score (nSPS) is 12.0. The number of nitrogens with zero attached hydrogens (tertiary/aromatic N) is 1. The van der Waals surface area contributed by atoms with Gasteiger partial charge in [0.1, 0.15) is 5.69 Å². The number of anilines is 1. The van der Waals surface area contributed by atoms with Crippen molar-refractivity contribution >= 4 is 11.8 Å². The van der Waals surface area contributed by atoms with Crippen molar-refractivity contribution in [2.24, 2.45) is 0 Å². The van der Waals surface area contributed by atoms with Crippen LogP contribution in [0.2, 0.25) is 0 Å². The van der Waals surface area contributed by atoms with Gasteiger partial charge in [-0.2, -0.15) is 0 Å². The van der Waals surface area contributed by atoms with Gasteiger partial charge >= 0.3 is 0 Å². The van der Waals surface area contributed by atoms with Gasteiger partial charge in [-0.15, -0.1) is 0 Å². The minimum atomic E-state index is -0.920. The van der Waals surface area contributed by atoms with E-state index in [0.29, 0.717) is 11.3 Å². The van der Waals surface area contributed by atoms with Crippen LogP contribution in [0.3, 0.4) is 0 Å². The van der Waals surface area contributed by atoms with Crippen molar-refractivity contribution in [3.05, 3.63) is 71.3 Å². The van der Waals surface area contributed by atoms with Gasteiger partial charge in [-0.3, -0.25) is 10.1 Å². The maximum Gasteiger partial charge on any atom is 0.240 e. The second kappa shape index (κ2) is 8.09.